The summed E-state index contributed by atoms with van der Waals surface area (Å²) in [4.78, 5) is 28.0. The van der Waals surface area contributed by atoms with E-state index >= 15 is 0 Å². The van der Waals surface area contributed by atoms with Crippen molar-refractivity contribution in [1.82, 2.24) is 4.98 Å². The SMILES string of the molecule is CC(C)(CC(=O)c1ccc(-c2ccc(Nc3nc4cc(S(C)(=O)=O)ccc4o3)c(F)c2)cc1)C(=O)O. The molecule has 1 heterocycles. The van der Waals surface area contributed by atoms with Crippen molar-refractivity contribution in [2.45, 2.75) is 25.2 Å². The Morgan fingerprint density at radius 2 is 1.69 bits per heavy atom. The summed E-state index contributed by atoms with van der Waals surface area (Å²) in [7, 11) is -3.41. The number of halogens is 1. The van der Waals surface area contributed by atoms with Crippen molar-refractivity contribution in [3.63, 3.8) is 0 Å². The quantitative estimate of drug-likeness (QED) is 0.299. The summed E-state index contributed by atoms with van der Waals surface area (Å²) >= 11 is 0. The molecule has 4 rings (SSSR count). The number of sulfone groups is 1. The molecule has 186 valence electrons. The maximum Gasteiger partial charge on any atom is 0.309 e. The lowest BCUT2D eigenvalue weighted by Crippen LogP contribution is -2.26. The van der Waals surface area contributed by atoms with E-state index in [4.69, 9.17) is 4.42 Å². The minimum absolute atomic E-state index is 0.00875. The molecule has 0 aliphatic heterocycles. The molecular formula is C26H23FN2O6S. The molecule has 0 radical (unpaired) electrons. The second-order valence-electron chi connectivity index (χ2n) is 9.11. The van der Waals surface area contributed by atoms with Crippen molar-refractivity contribution in [2.75, 3.05) is 11.6 Å². The molecule has 10 heteroatoms. The second kappa shape index (κ2) is 9.19. The molecule has 0 bridgehead atoms. The molecule has 0 aliphatic carbocycles. The van der Waals surface area contributed by atoms with Gasteiger partial charge >= 0.3 is 5.97 Å². The van der Waals surface area contributed by atoms with Crippen LogP contribution < -0.4 is 5.32 Å². The average molecular weight is 511 g/mol. The molecule has 0 spiro atoms. The Morgan fingerprint density at radius 1 is 1.03 bits per heavy atom. The number of carboxylic acid groups (broad SMARTS) is 1. The minimum Gasteiger partial charge on any atom is -0.481 e. The van der Waals surface area contributed by atoms with E-state index in [1.165, 1.54) is 44.2 Å². The van der Waals surface area contributed by atoms with Crippen LogP contribution >= 0.6 is 0 Å². The van der Waals surface area contributed by atoms with Gasteiger partial charge in [0, 0.05) is 18.2 Å². The summed E-state index contributed by atoms with van der Waals surface area (Å²) in [6.45, 7) is 2.99. The third-order valence-corrected chi connectivity index (χ3v) is 6.83. The number of benzene rings is 3. The van der Waals surface area contributed by atoms with Gasteiger partial charge in [0.25, 0.3) is 6.01 Å². The largest absolute Gasteiger partial charge is 0.481 e. The lowest BCUT2D eigenvalue weighted by Gasteiger charge is -2.17. The molecule has 0 atom stereocenters. The van der Waals surface area contributed by atoms with Crippen LogP contribution in [-0.4, -0.2) is 36.5 Å². The van der Waals surface area contributed by atoms with Gasteiger partial charge in [-0.05, 0) is 55.3 Å². The Kier molecular flexibility index (Phi) is 6.40. The minimum atomic E-state index is -3.41. The molecule has 3 aromatic carbocycles. The van der Waals surface area contributed by atoms with Gasteiger partial charge in [-0.2, -0.15) is 4.98 Å². The van der Waals surface area contributed by atoms with Gasteiger partial charge in [-0.1, -0.05) is 30.3 Å². The summed E-state index contributed by atoms with van der Waals surface area (Å²) in [5, 5.41) is 12.0. The Balaban J connectivity index is 1.51. The molecule has 1 aromatic heterocycles. The summed E-state index contributed by atoms with van der Waals surface area (Å²) in [5.74, 6) is -1.91. The molecule has 0 fully saturated rings. The number of nitrogens with one attached hydrogen (secondary N) is 1. The van der Waals surface area contributed by atoms with Gasteiger partial charge in [0.1, 0.15) is 11.3 Å². The van der Waals surface area contributed by atoms with Gasteiger partial charge in [0.15, 0.2) is 21.2 Å². The molecule has 0 saturated heterocycles. The van der Waals surface area contributed by atoms with E-state index in [-0.39, 0.29) is 28.8 Å². The number of carbonyl (C=O) groups excluding carboxylic acids is 1. The zero-order chi connectivity index (χ0) is 26.3. The number of nitrogens with zero attached hydrogens (tertiary/aromatic N) is 1. The van der Waals surface area contributed by atoms with Crippen LogP contribution in [0.25, 0.3) is 22.2 Å². The Bertz CT molecular complexity index is 1590. The van der Waals surface area contributed by atoms with E-state index in [0.717, 1.165) is 6.26 Å². The van der Waals surface area contributed by atoms with Crippen LogP contribution in [-0.2, 0) is 14.6 Å². The third kappa shape index (κ3) is 5.28. The monoisotopic (exact) mass is 510 g/mol. The zero-order valence-corrected chi connectivity index (χ0v) is 20.5. The van der Waals surface area contributed by atoms with E-state index < -0.39 is 27.0 Å². The topological polar surface area (TPSA) is 127 Å². The number of anilines is 2. The van der Waals surface area contributed by atoms with Crippen molar-refractivity contribution in [3.8, 4) is 11.1 Å². The maximum absolute atomic E-state index is 14.8. The van der Waals surface area contributed by atoms with Gasteiger partial charge in [-0.25, -0.2) is 12.8 Å². The van der Waals surface area contributed by atoms with Gasteiger partial charge < -0.3 is 14.8 Å². The van der Waals surface area contributed by atoms with Crippen LogP contribution in [0.4, 0.5) is 16.1 Å². The highest BCUT2D eigenvalue weighted by molar-refractivity contribution is 7.90. The fourth-order valence-electron chi connectivity index (χ4n) is 3.53. The first-order valence-corrected chi connectivity index (χ1v) is 12.8. The lowest BCUT2D eigenvalue weighted by molar-refractivity contribution is -0.146. The first-order chi connectivity index (χ1) is 16.8. The molecule has 4 aromatic rings. The number of Topliss-reactive ketones (excluding diaryl/α,β-unsaturated/α-hetero) is 1. The van der Waals surface area contributed by atoms with Gasteiger partial charge in [0.05, 0.1) is 16.0 Å². The second-order valence-corrected chi connectivity index (χ2v) is 11.1. The fourth-order valence-corrected chi connectivity index (χ4v) is 4.17. The Morgan fingerprint density at radius 3 is 2.31 bits per heavy atom. The number of carboxylic acids is 1. The average Bonchev–Trinajstić information content (AvgIpc) is 3.21. The number of fused-ring (bicyclic) bond motifs is 1. The summed E-state index contributed by atoms with van der Waals surface area (Å²) in [5.41, 5.74) is 1.22. The number of hydrogen-bond acceptors (Lipinski definition) is 7. The van der Waals surface area contributed by atoms with E-state index in [9.17, 15) is 27.5 Å². The van der Waals surface area contributed by atoms with Crippen molar-refractivity contribution in [2.24, 2.45) is 5.41 Å². The molecule has 0 saturated carbocycles. The highest BCUT2D eigenvalue weighted by Gasteiger charge is 2.30. The molecule has 0 aliphatic rings. The number of rotatable bonds is 8. The van der Waals surface area contributed by atoms with E-state index in [0.29, 0.717) is 27.8 Å². The number of aliphatic carboxylic acids is 1. The maximum atomic E-state index is 14.8. The third-order valence-electron chi connectivity index (χ3n) is 5.72. The van der Waals surface area contributed by atoms with Crippen molar-refractivity contribution >= 4 is 44.4 Å². The van der Waals surface area contributed by atoms with Crippen LogP contribution in [0.5, 0.6) is 0 Å². The van der Waals surface area contributed by atoms with Crippen LogP contribution in [0.2, 0.25) is 0 Å². The molecule has 2 N–H and O–H groups in total. The van der Waals surface area contributed by atoms with Crippen molar-refractivity contribution in [3.05, 3.63) is 72.0 Å². The van der Waals surface area contributed by atoms with Gasteiger partial charge in [-0.3, -0.25) is 9.59 Å². The standard InChI is InChI=1S/C26H23FN2O6S/c1-26(2,24(31)32)14-22(30)16-6-4-15(5-7-16)17-8-10-20(19(27)12-17)28-25-29-21-13-18(36(3,33)34)9-11-23(21)35-25/h4-13H,14H2,1-3H3,(H,28,29)(H,31,32). The van der Waals surface area contributed by atoms with Crippen LogP contribution in [0.1, 0.15) is 30.6 Å². The number of hydrogen-bond donors (Lipinski definition) is 2. The Labute approximate surface area is 206 Å². The smallest absolute Gasteiger partial charge is 0.309 e. The Hall–Kier alpha value is -4.05. The number of oxazole rings is 1. The summed E-state index contributed by atoms with van der Waals surface area (Å²) < 4.78 is 43.9. The number of aromatic nitrogens is 1. The van der Waals surface area contributed by atoms with Gasteiger partial charge in [-0.15, -0.1) is 0 Å². The highest BCUT2D eigenvalue weighted by atomic mass is 32.2. The van der Waals surface area contributed by atoms with E-state index in [1.807, 2.05) is 0 Å². The molecule has 0 unspecified atom stereocenters. The first kappa shape index (κ1) is 25.1. The summed E-state index contributed by atoms with van der Waals surface area (Å²) in [6.07, 6.45) is 0.956. The first-order valence-electron chi connectivity index (χ1n) is 10.9. The normalized spacial score (nSPS) is 12.0. The molecule has 36 heavy (non-hydrogen) atoms. The van der Waals surface area contributed by atoms with E-state index in [2.05, 4.69) is 10.3 Å². The van der Waals surface area contributed by atoms with Gasteiger partial charge in [0.2, 0.25) is 0 Å². The molecule has 0 amide bonds. The number of ketones is 1. The number of carbonyl (C=O) groups is 2. The van der Waals surface area contributed by atoms with E-state index in [1.54, 1.807) is 30.3 Å². The van der Waals surface area contributed by atoms with Crippen LogP contribution in [0.3, 0.4) is 0 Å². The van der Waals surface area contributed by atoms with Crippen molar-refractivity contribution in [1.29, 1.82) is 0 Å². The highest BCUT2D eigenvalue weighted by Crippen LogP contribution is 2.29. The van der Waals surface area contributed by atoms with Crippen LogP contribution in [0.15, 0.2) is 70.0 Å². The summed E-state index contributed by atoms with van der Waals surface area (Å²) in [6, 6.07) is 15.3. The van der Waals surface area contributed by atoms with Crippen molar-refractivity contribution < 1.29 is 31.9 Å². The molecule has 8 nitrogen and oxygen atoms in total. The zero-order valence-electron chi connectivity index (χ0n) is 19.7. The fraction of sp³-hybridized carbons (Fsp3) is 0.192. The predicted molar refractivity (Wildman–Crippen MR) is 133 cm³/mol. The van der Waals surface area contributed by atoms with Crippen LogP contribution in [0, 0.1) is 11.2 Å². The lowest BCUT2D eigenvalue weighted by atomic mass is 9.85. The predicted octanol–water partition coefficient (Wildman–Crippen LogP) is 5.46. The molecular weight excluding hydrogens is 487 g/mol.